The second kappa shape index (κ2) is 8.72. The van der Waals surface area contributed by atoms with Crippen molar-refractivity contribution in [2.45, 2.75) is 18.9 Å². The van der Waals surface area contributed by atoms with Crippen molar-refractivity contribution in [2.24, 2.45) is 0 Å². The molecule has 4 aromatic rings. The molecule has 1 saturated heterocycles. The predicted octanol–water partition coefficient (Wildman–Crippen LogP) is 2.86. The van der Waals surface area contributed by atoms with Gasteiger partial charge in [-0.05, 0) is 49.2 Å². The number of fused-ring (bicyclic) bond motifs is 1. The van der Waals surface area contributed by atoms with Crippen molar-refractivity contribution >= 4 is 23.1 Å². The first-order valence-corrected chi connectivity index (χ1v) is 10.6. The van der Waals surface area contributed by atoms with Gasteiger partial charge in [0.2, 0.25) is 5.82 Å². The molecule has 0 radical (unpaired) electrons. The SMILES string of the molecule is CN(c1ccccc1)c1ccc2nnc(-c3cc(C(=O)NC4CCOCC4)ccn3)n2n1. The number of ether oxygens (including phenoxy) is 1. The van der Waals surface area contributed by atoms with Crippen molar-refractivity contribution in [1.82, 2.24) is 30.1 Å². The molecule has 1 amide bonds. The first-order chi connectivity index (χ1) is 15.7. The fraction of sp³-hybridized carbons (Fsp3) is 0.261. The minimum Gasteiger partial charge on any atom is -0.381 e. The quantitative estimate of drug-likeness (QED) is 0.521. The van der Waals surface area contributed by atoms with E-state index < -0.39 is 0 Å². The maximum atomic E-state index is 12.8. The van der Waals surface area contributed by atoms with Crippen LogP contribution in [-0.4, -0.2) is 57.0 Å². The summed E-state index contributed by atoms with van der Waals surface area (Å²) < 4.78 is 7.01. The van der Waals surface area contributed by atoms with Crippen molar-refractivity contribution in [3.63, 3.8) is 0 Å². The highest BCUT2D eigenvalue weighted by Crippen LogP contribution is 2.23. The van der Waals surface area contributed by atoms with Crippen LogP contribution in [0.5, 0.6) is 0 Å². The predicted molar refractivity (Wildman–Crippen MR) is 120 cm³/mol. The number of nitrogens with one attached hydrogen (secondary N) is 1. The van der Waals surface area contributed by atoms with Crippen molar-refractivity contribution in [3.05, 3.63) is 66.4 Å². The molecule has 1 aliphatic rings. The standard InChI is InChI=1S/C23H23N7O2/c1-29(18-5-3-2-4-6-18)21-8-7-20-26-27-22(30(20)28-21)19-15-16(9-12-24-19)23(31)25-17-10-13-32-14-11-17/h2-9,12,15,17H,10-11,13-14H2,1H3,(H,25,31). The van der Waals surface area contributed by atoms with Crippen LogP contribution in [0.2, 0.25) is 0 Å². The van der Waals surface area contributed by atoms with Crippen molar-refractivity contribution in [1.29, 1.82) is 0 Å². The number of nitrogens with zero attached hydrogens (tertiary/aromatic N) is 6. The fourth-order valence-electron chi connectivity index (χ4n) is 3.71. The summed E-state index contributed by atoms with van der Waals surface area (Å²) in [5.41, 5.74) is 2.67. The van der Waals surface area contributed by atoms with E-state index in [9.17, 15) is 4.79 Å². The lowest BCUT2D eigenvalue weighted by Gasteiger charge is -2.23. The Kier molecular flexibility index (Phi) is 5.47. The lowest BCUT2D eigenvalue weighted by molar-refractivity contribution is 0.0696. The molecule has 0 atom stereocenters. The van der Waals surface area contributed by atoms with Crippen LogP contribution in [0.25, 0.3) is 17.2 Å². The van der Waals surface area contributed by atoms with Gasteiger partial charge in [-0.3, -0.25) is 9.78 Å². The Morgan fingerprint density at radius 1 is 1.09 bits per heavy atom. The molecule has 0 bridgehead atoms. The molecular formula is C23H23N7O2. The highest BCUT2D eigenvalue weighted by molar-refractivity contribution is 5.95. The number of para-hydroxylation sites is 1. The molecule has 0 unspecified atom stereocenters. The highest BCUT2D eigenvalue weighted by Gasteiger charge is 2.19. The van der Waals surface area contributed by atoms with Gasteiger partial charge in [0.05, 0.1) is 0 Å². The average molecular weight is 429 g/mol. The van der Waals surface area contributed by atoms with Gasteiger partial charge < -0.3 is 15.0 Å². The Morgan fingerprint density at radius 2 is 1.91 bits per heavy atom. The molecule has 9 nitrogen and oxygen atoms in total. The smallest absolute Gasteiger partial charge is 0.251 e. The summed E-state index contributed by atoms with van der Waals surface area (Å²) in [6, 6.07) is 17.3. The van der Waals surface area contributed by atoms with Crippen LogP contribution < -0.4 is 10.2 Å². The topological polar surface area (TPSA) is 97.5 Å². The lowest BCUT2D eigenvalue weighted by atomic mass is 10.1. The Labute approximate surface area is 185 Å². The number of carbonyl (C=O) groups is 1. The van der Waals surface area contributed by atoms with E-state index in [4.69, 9.17) is 9.84 Å². The molecule has 9 heteroatoms. The van der Waals surface area contributed by atoms with E-state index in [-0.39, 0.29) is 11.9 Å². The molecule has 3 aromatic heterocycles. The van der Waals surface area contributed by atoms with E-state index in [1.165, 1.54) is 0 Å². The van der Waals surface area contributed by atoms with Gasteiger partial charge in [0.15, 0.2) is 11.5 Å². The van der Waals surface area contributed by atoms with Crippen LogP contribution >= 0.6 is 0 Å². The zero-order valence-corrected chi connectivity index (χ0v) is 17.7. The van der Waals surface area contributed by atoms with Crippen LogP contribution in [0.15, 0.2) is 60.8 Å². The van der Waals surface area contributed by atoms with Gasteiger partial charge in [-0.1, -0.05) is 18.2 Å². The van der Waals surface area contributed by atoms with Crippen LogP contribution in [-0.2, 0) is 4.74 Å². The average Bonchev–Trinajstić information content (AvgIpc) is 3.28. The van der Waals surface area contributed by atoms with Crippen LogP contribution in [0, 0.1) is 0 Å². The third kappa shape index (κ3) is 4.02. The largest absolute Gasteiger partial charge is 0.381 e. The number of rotatable bonds is 5. The zero-order valence-electron chi connectivity index (χ0n) is 17.7. The van der Waals surface area contributed by atoms with Crippen molar-refractivity contribution in [2.75, 3.05) is 25.2 Å². The van der Waals surface area contributed by atoms with E-state index in [1.807, 2.05) is 54.4 Å². The third-order valence-corrected chi connectivity index (χ3v) is 5.54. The summed E-state index contributed by atoms with van der Waals surface area (Å²) in [5.74, 6) is 1.08. The van der Waals surface area contributed by atoms with Gasteiger partial charge in [-0.2, -0.15) is 4.52 Å². The number of anilines is 2. The zero-order chi connectivity index (χ0) is 21.9. The number of carbonyl (C=O) groups excluding carboxylic acids is 1. The number of hydrogen-bond donors (Lipinski definition) is 1. The molecule has 5 rings (SSSR count). The molecular weight excluding hydrogens is 406 g/mol. The number of hydrogen-bond acceptors (Lipinski definition) is 7. The molecule has 1 fully saturated rings. The molecule has 0 aliphatic carbocycles. The molecule has 0 spiro atoms. The van der Waals surface area contributed by atoms with E-state index in [1.54, 1.807) is 22.8 Å². The third-order valence-electron chi connectivity index (χ3n) is 5.54. The van der Waals surface area contributed by atoms with Crippen molar-refractivity contribution in [3.8, 4) is 11.5 Å². The summed E-state index contributed by atoms with van der Waals surface area (Å²) in [6.07, 6.45) is 3.25. The second-order valence-electron chi connectivity index (χ2n) is 7.67. The number of benzene rings is 1. The van der Waals surface area contributed by atoms with Crippen molar-refractivity contribution < 1.29 is 9.53 Å². The molecule has 162 valence electrons. The monoisotopic (exact) mass is 429 g/mol. The Bertz CT molecular complexity index is 1240. The normalized spacial score (nSPS) is 14.4. The number of pyridine rings is 1. The second-order valence-corrected chi connectivity index (χ2v) is 7.67. The number of aromatic nitrogens is 5. The first kappa shape index (κ1) is 20.1. The lowest BCUT2D eigenvalue weighted by Crippen LogP contribution is -2.38. The summed E-state index contributed by atoms with van der Waals surface area (Å²) >= 11 is 0. The summed E-state index contributed by atoms with van der Waals surface area (Å²) in [7, 11) is 1.95. The van der Waals surface area contributed by atoms with Gasteiger partial charge in [-0.15, -0.1) is 15.3 Å². The molecule has 0 saturated carbocycles. The highest BCUT2D eigenvalue weighted by atomic mass is 16.5. The summed E-state index contributed by atoms with van der Waals surface area (Å²) in [4.78, 5) is 19.2. The number of amides is 1. The van der Waals surface area contributed by atoms with E-state index in [2.05, 4.69) is 20.5 Å². The minimum atomic E-state index is -0.133. The van der Waals surface area contributed by atoms with E-state index in [0.717, 1.165) is 24.3 Å². The Hall–Kier alpha value is -3.85. The molecule has 1 aromatic carbocycles. The molecule has 1 aliphatic heterocycles. The van der Waals surface area contributed by atoms with Gasteiger partial charge in [0.1, 0.15) is 5.69 Å². The van der Waals surface area contributed by atoms with Gasteiger partial charge in [0, 0.05) is 43.8 Å². The van der Waals surface area contributed by atoms with Crippen LogP contribution in [0.3, 0.4) is 0 Å². The van der Waals surface area contributed by atoms with Gasteiger partial charge >= 0.3 is 0 Å². The Morgan fingerprint density at radius 3 is 2.72 bits per heavy atom. The maximum absolute atomic E-state index is 12.8. The van der Waals surface area contributed by atoms with Gasteiger partial charge in [0.25, 0.3) is 5.91 Å². The maximum Gasteiger partial charge on any atom is 0.251 e. The molecule has 4 heterocycles. The fourth-order valence-corrected chi connectivity index (χ4v) is 3.71. The van der Waals surface area contributed by atoms with Gasteiger partial charge in [-0.25, -0.2) is 0 Å². The van der Waals surface area contributed by atoms with Crippen LogP contribution in [0.4, 0.5) is 11.5 Å². The van der Waals surface area contributed by atoms with E-state index in [0.29, 0.717) is 35.9 Å². The van der Waals surface area contributed by atoms with Crippen LogP contribution in [0.1, 0.15) is 23.2 Å². The Balaban J connectivity index is 1.44. The first-order valence-electron chi connectivity index (χ1n) is 10.6. The summed E-state index contributed by atoms with van der Waals surface area (Å²) in [6.45, 7) is 1.34. The van der Waals surface area contributed by atoms with E-state index >= 15 is 0 Å². The summed E-state index contributed by atoms with van der Waals surface area (Å²) in [5, 5.41) is 16.3. The molecule has 32 heavy (non-hydrogen) atoms. The minimum absolute atomic E-state index is 0.125. The molecule has 1 N–H and O–H groups in total.